The molecule has 7 heteroatoms. The first-order valence-corrected chi connectivity index (χ1v) is 6.09. The number of nitrogens with two attached hydrogens (primary N) is 1. The van der Waals surface area contributed by atoms with E-state index in [0.29, 0.717) is 13.2 Å². The standard InChI is InChI=1S/C13H18FN3O3/c1-20-5-4-17-12(18)8-16-7-10-6-9(13(15)19)2-3-11(10)14/h2-3,6,16H,4-5,7-8H2,1H3,(H2,15,19)(H,17,18). The average molecular weight is 283 g/mol. The Bertz CT molecular complexity index is 480. The molecule has 0 atom stereocenters. The summed E-state index contributed by atoms with van der Waals surface area (Å²) < 4.78 is 18.3. The number of primary amides is 1. The molecule has 1 rings (SSSR count). The molecule has 2 amide bonds. The van der Waals surface area contributed by atoms with Crippen LogP contribution in [0.5, 0.6) is 0 Å². The second kappa shape index (κ2) is 8.23. The van der Waals surface area contributed by atoms with Gasteiger partial charge in [-0.3, -0.25) is 9.59 Å². The Morgan fingerprint density at radius 2 is 2.15 bits per heavy atom. The number of rotatable bonds is 8. The molecule has 6 nitrogen and oxygen atoms in total. The smallest absolute Gasteiger partial charge is 0.248 e. The quantitative estimate of drug-likeness (QED) is 0.575. The molecule has 0 spiro atoms. The van der Waals surface area contributed by atoms with Gasteiger partial charge in [-0.2, -0.15) is 0 Å². The Morgan fingerprint density at radius 3 is 2.80 bits per heavy atom. The van der Waals surface area contributed by atoms with Crippen molar-refractivity contribution in [1.29, 1.82) is 0 Å². The van der Waals surface area contributed by atoms with Crippen molar-refractivity contribution in [2.75, 3.05) is 26.8 Å². The van der Waals surface area contributed by atoms with Gasteiger partial charge in [-0.15, -0.1) is 0 Å². The van der Waals surface area contributed by atoms with Crippen LogP contribution in [0.25, 0.3) is 0 Å². The summed E-state index contributed by atoms with van der Waals surface area (Å²) >= 11 is 0. The highest BCUT2D eigenvalue weighted by molar-refractivity contribution is 5.92. The Hall–Kier alpha value is -1.99. The van der Waals surface area contributed by atoms with Crippen molar-refractivity contribution in [3.05, 3.63) is 35.1 Å². The number of hydrogen-bond acceptors (Lipinski definition) is 4. The average Bonchev–Trinajstić information content (AvgIpc) is 2.41. The van der Waals surface area contributed by atoms with E-state index in [1.807, 2.05) is 0 Å². The van der Waals surface area contributed by atoms with Crippen LogP contribution in [0.3, 0.4) is 0 Å². The lowest BCUT2D eigenvalue weighted by Gasteiger charge is -2.08. The zero-order valence-corrected chi connectivity index (χ0v) is 11.2. The molecule has 110 valence electrons. The fourth-order valence-electron chi connectivity index (χ4n) is 1.53. The molecule has 4 N–H and O–H groups in total. The Morgan fingerprint density at radius 1 is 1.40 bits per heavy atom. The number of hydrogen-bond donors (Lipinski definition) is 3. The van der Waals surface area contributed by atoms with Crippen molar-refractivity contribution in [1.82, 2.24) is 10.6 Å². The molecule has 0 bridgehead atoms. The summed E-state index contributed by atoms with van der Waals surface area (Å²) in [6.07, 6.45) is 0. The molecule has 0 radical (unpaired) electrons. The van der Waals surface area contributed by atoms with E-state index in [0.717, 1.165) is 0 Å². The van der Waals surface area contributed by atoms with Crippen LogP contribution < -0.4 is 16.4 Å². The first-order valence-electron chi connectivity index (χ1n) is 6.09. The predicted octanol–water partition coefficient (Wildman–Crippen LogP) is -0.223. The van der Waals surface area contributed by atoms with Crippen LogP contribution in [0.4, 0.5) is 4.39 Å². The van der Waals surface area contributed by atoms with Gasteiger partial charge in [0.25, 0.3) is 0 Å². The van der Waals surface area contributed by atoms with Crippen LogP contribution in [0, 0.1) is 5.82 Å². The van der Waals surface area contributed by atoms with Gasteiger partial charge in [0, 0.05) is 31.3 Å². The summed E-state index contributed by atoms with van der Waals surface area (Å²) in [6.45, 7) is 1.03. The Balaban J connectivity index is 2.43. The lowest BCUT2D eigenvalue weighted by Crippen LogP contribution is -2.35. The number of nitrogens with one attached hydrogen (secondary N) is 2. The van der Waals surface area contributed by atoms with Gasteiger partial charge in [0.1, 0.15) is 5.82 Å². The van der Waals surface area contributed by atoms with E-state index < -0.39 is 11.7 Å². The first-order chi connectivity index (χ1) is 9.54. The highest BCUT2D eigenvalue weighted by atomic mass is 19.1. The molecule has 20 heavy (non-hydrogen) atoms. The van der Waals surface area contributed by atoms with Gasteiger partial charge in [0.15, 0.2) is 0 Å². The van der Waals surface area contributed by atoms with Crippen molar-refractivity contribution in [2.24, 2.45) is 5.73 Å². The summed E-state index contributed by atoms with van der Waals surface area (Å²) in [7, 11) is 1.54. The molecule has 1 aromatic carbocycles. The third kappa shape index (κ3) is 5.33. The topological polar surface area (TPSA) is 93.4 Å². The maximum absolute atomic E-state index is 13.5. The number of benzene rings is 1. The van der Waals surface area contributed by atoms with E-state index in [9.17, 15) is 14.0 Å². The van der Waals surface area contributed by atoms with Crippen molar-refractivity contribution in [3.8, 4) is 0 Å². The van der Waals surface area contributed by atoms with Gasteiger partial charge in [-0.25, -0.2) is 4.39 Å². The molecule has 1 aromatic rings. The summed E-state index contributed by atoms with van der Waals surface area (Å²) in [5, 5.41) is 5.41. The lowest BCUT2D eigenvalue weighted by atomic mass is 10.1. The van der Waals surface area contributed by atoms with Gasteiger partial charge in [0.2, 0.25) is 11.8 Å². The summed E-state index contributed by atoms with van der Waals surface area (Å²) in [5.41, 5.74) is 5.63. The molecule has 0 saturated heterocycles. The minimum absolute atomic E-state index is 0.0456. The third-order valence-electron chi connectivity index (χ3n) is 2.56. The third-order valence-corrected chi connectivity index (χ3v) is 2.56. The second-order valence-electron chi connectivity index (χ2n) is 4.12. The first kappa shape index (κ1) is 16.1. The van der Waals surface area contributed by atoms with Gasteiger partial charge in [-0.1, -0.05) is 0 Å². The van der Waals surface area contributed by atoms with E-state index >= 15 is 0 Å². The van der Waals surface area contributed by atoms with Crippen LogP contribution in [-0.2, 0) is 16.1 Å². The molecule has 0 aliphatic heterocycles. The SMILES string of the molecule is COCCNC(=O)CNCc1cc(C(N)=O)ccc1F. The van der Waals surface area contributed by atoms with Crippen molar-refractivity contribution in [2.45, 2.75) is 6.54 Å². The fraction of sp³-hybridized carbons (Fsp3) is 0.385. The van der Waals surface area contributed by atoms with Crippen LogP contribution in [0.15, 0.2) is 18.2 Å². The van der Waals surface area contributed by atoms with Crippen molar-refractivity contribution < 1.29 is 18.7 Å². The lowest BCUT2D eigenvalue weighted by molar-refractivity contribution is -0.120. The van der Waals surface area contributed by atoms with E-state index in [1.54, 1.807) is 7.11 Å². The van der Waals surface area contributed by atoms with Gasteiger partial charge in [-0.05, 0) is 18.2 Å². The molecular formula is C13H18FN3O3. The number of amides is 2. The fourth-order valence-corrected chi connectivity index (χ4v) is 1.53. The number of carbonyl (C=O) groups excluding carboxylic acids is 2. The summed E-state index contributed by atoms with van der Waals surface area (Å²) in [4.78, 5) is 22.4. The predicted molar refractivity (Wildman–Crippen MR) is 71.5 cm³/mol. The number of halogens is 1. The molecule has 0 saturated carbocycles. The summed E-state index contributed by atoms with van der Waals surface area (Å²) in [6, 6.07) is 3.86. The van der Waals surface area contributed by atoms with E-state index in [4.69, 9.17) is 10.5 Å². The van der Waals surface area contributed by atoms with Crippen molar-refractivity contribution >= 4 is 11.8 Å². The summed E-state index contributed by atoms with van der Waals surface area (Å²) in [5.74, 6) is -1.29. The van der Waals surface area contributed by atoms with Crippen LogP contribution >= 0.6 is 0 Å². The molecule has 0 heterocycles. The maximum atomic E-state index is 13.5. The van der Waals surface area contributed by atoms with E-state index in [-0.39, 0.29) is 30.1 Å². The van der Waals surface area contributed by atoms with E-state index in [1.165, 1.54) is 18.2 Å². The molecule has 0 aliphatic carbocycles. The second-order valence-corrected chi connectivity index (χ2v) is 4.12. The molecule has 0 unspecified atom stereocenters. The Kier molecular flexibility index (Phi) is 6.61. The minimum atomic E-state index is -0.622. The van der Waals surface area contributed by atoms with Gasteiger partial charge < -0.3 is 21.1 Å². The Labute approximate surface area is 116 Å². The van der Waals surface area contributed by atoms with Gasteiger partial charge >= 0.3 is 0 Å². The molecule has 0 aliphatic rings. The van der Waals surface area contributed by atoms with Crippen LogP contribution in [0.2, 0.25) is 0 Å². The van der Waals surface area contributed by atoms with E-state index in [2.05, 4.69) is 10.6 Å². The molecule has 0 aromatic heterocycles. The number of methoxy groups -OCH3 is 1. The zero-order chi connectivity index (χ0) is 15.0. The zero-order valence-electron chi connectivity index (χ0n) is 11.2. The number of ether oxygens (including phenoxy) is 1. The monoisotopic (exact) mass is 283 g/mol. The van der Waals surface area contributed by atoms with Gasteiger partial charge in [0.05, 0.1) is 13.2 Å². The maximum Gasteiger partial charge on any atom is 0.248 e. The highest BCUT2D eigenvalue weighted by Gasteiger charge is 2.07. The molecule has 0 fully saturated rings. The van der Waals surface area contributed by atoms with Crippen LogP contribution in [0.1, 0.15) is 15.9 Å². The molecular weight excluding hydrogens is 265 g/mol. The normalized spacial score (nSPS) is 10.3. The van der Waals surface area contributed by atoms with Crippen molar-refractivity contribution in [3.63, 3.8) is 0 Å². The highest BCUT2D eigenvalue weighted by Crippen LogP contribution is 2.10. The number of carbonyl (C=O) groups is 2. The van der Waals surface area contributed by atoms with Crippen LogP contribution in [-0.4, -0.2) is 38.6 Å². The minimum Gasteiger partial charge on any atom is -0.383 e. The largest absolute Gasteiger partial charge is 0.383 e.